The number of hydrogen-bond donors (Lipinski definition) is 3. The Morgan fingerprint density at radius 2 is 2.12 bits per heavy atom. The minimum Gasteiger partial charge on any atom is -0.383 e. The SMILES string of the molecule is Cc1[nH]c2ccccc2c1NCC1CC(N)C1. The molecule has 90 valence electrons. The average Bonchev–Trinajstić information content (AvgIpc) is 2.59. The normalized spacial score (nSPS) is 23.6. The summed E-state index contributed by atoms with van der Waals surface area (Å²) in [5, 5.41) is 4.86. The summed E-state index contributed by atoms with van der Waals surface area (Å²) < 4.78 is 0. The molecule has 1 saturated carbocycles. The highest BCUT2D eigenvalue weighted by Crippen LogP contribution is 2.30. The monoisotopic (exact) mass is 229 g/mol. The van der Waals surface area contributed by atoms with Gasteiger partial charge >= 0.3 is 0 Å². The molecule has 1 aromatic heterocycles. The van der Waals surface area contributed by atoms with Crippen molar-refractivity contribution in [1.82, 2.24) is 4.98 Å². The van der Waals surface area contributed by atoms with Crippen LogP contribution < -0.4 is 11.1 Å². The van der Waals surface area contributed by atoms with Crippen molar-refractivity contribution in [2.24, 2.45) is 11.7 Å². The van der Waals surface area contributed by atoms with Crippen LogP contribution >= 0.6 is 0 Å². The van der Waals surface area contributed by atoms with E-state index in [1.807, 2.05) is 0 Å². The highest BCUT2D eigenvalue weighted by molar-refractivity contribution is 5.94. The summed E-state index contributed by atoms with van der Waals surface area (Å²) in [5.74, 6) is 0.748. The van der Waals surface area contributed by atoms with E-state index in [-0.39, 0.29) is 0 Å². The van der Waals surface area contributed by atoms with Crippen LogP contribution in [0, 0.1) is 12.8 Å². The molecule has 2 aromatic rings. The van der Waals surface area contributed by atoms with E-state index in [1.165, 1.54) is 22.3 Å². The van der Waals surface area contributed by atoms with Crippen LogP contribution in [0.4, 0.5) is 5.69 Å². The molecule has 0 bridgehead atoms. The number of anilines is 1. The lowest BCUT2D eigenvalue weighted by Crippen LogP contribution is -2.39. The molecule has 0 spiro atoms. The van der Waals surface area contributed by atoms with Gasteiger partial charge in [-0.05, 0) is 31.7 Å². The Kier molecular flexibility index (Phi) is 2.56. The average molecular weight is 229 g/mol. The number of aromatic nitrogens is 1. The Bertz CT molecular complexity index is 523. The van der Waals surface area contributed by atoms with Crippen LogP contribution in [0.25, 0.3) is 10.9 Å². The predicted molar refractivity (Wildman–Crippen MR) is 72.2 cm³/mol. The van der Waals surface area contributed by atoms with E-state index in [1.54, 1.807) is 0 Å². The van der Waals surface area contributed by atoms with Crippen molar-refractivity contribution in [2.75, 3.05) is 11.9 Å². The summed E-state index contributed by atoms with van der Waals surface area (Å²) in [7, 11) is 0. The number of nitrogens with one attached hydrogen (secondary N) is 2. The van der Waals surface area contributed by atoms with Gasteiger partial charge in [0.2, 0.25) is 0 Å². The first-order valence-electron chi connectivity index (χ1n) is 6.31. The van der Waals surface area contributed by atoms with Crippen LogP contribution in [0.15, 0.2) is 24.3 Å². The summed E-state index contributed by atoms with van der Waals surface area (Å²) in [6.45, 7) is 3.16. The second-order valence-corrected chi connectivity index (χ2v) is 5.15. The van der Waals surface area contributed by atoms with Crippen LogP contribution in [-0.2, 0) is 0 Å². The van der Waals surface area contributed by atoms with Crippen LogP contribution in [0.2, 0.25) is 0 Å². The zero-order chi connectivity index (χ0) is 11.8. The van der Waals surface area contributed by atoms with Crippen LogP contribution in [0.5, 0.6) is 0 Å². The van der Waals surface area contributed by atoms with Crippen molar-refractivity contribution in [1.29, 1.82) is 0 Å². The zero-order valence-corrected chi connectivity index (χ0v) is 10.2. The number of aromatic amines is 1. The van der Waals surface area contributed by atoms with Crippen molar-refractivity contribution in [3.8, 4) is 0 Å². The number of aryl methyl sites for hydroxylation is 1. The molecule has 1 heterocycles. The first-order valence-corrected chi connectivity index (χ1v) is 6.31. The molecular formula is C14H19N3. The highest BCUT2D eigenvalue weighted by atomic mass is 14.9. The lowest BCUT2D eigenvalue weighted by molar-refractivity contribution is 0.280. The third-order valence-electron chi connectivity index (χ3n) is 3.73. The molecule has 3 heteroatoms. The van der Waals surface area contributed by atoms with Crippen molar-refractivity contribution < 1.29 is 0 Å². The van der Waals surface area contributed by atoms with Gasteiger partial charge < -0.3 is 16.0 Å². The van der Waals surface area contributed by atoms with Crippen molar-refractivity contribution in [2.45, 2.75) is 25.8 Å². The van der Waals surface area contributed by atoms with Gasteiger partial charge in [0, 0.05) is 29.2 Å². The van der Waals surface area contributed by atoms with Gasteiger partial charge in [-0.2, -0.15) is 0 Å². The molecule has 3 nitrogen and oxygen atoms in total. The molecule has 1 fully saturated rings. The molecule has 4 N–H and O–H groups in total. The number of nitrogens with two attached hydrogens (primary N) is 1. The highest BCUT2D eigenvalue weighted by Gasteiger charge is 2.25. The number of para-hydroxylation sites is 1. The maximum Gasteiger partial charge on any atom is 0.0628 e. The van der Waals surface area contributed by atoms with Gasteiger partial charge in [0.1, 0.15) is 0 Å². The van der Waals surface area contributed by atoms with Gasteiger partial charge in [0.05, 0.1) is 5.69 Å². The quantitative estimate of drug-likeness (QED) is 0.757. The number of benzene rings is 1. The summed E-state index contributed by atoms with van der Waals surface area (Å²) in [6.07, 6.45) is 2.32. The molecule has 1 aliphatic carbocycles. The lowest BCUT2D eigenvalue weighted by atomic mass is 9.81. The summed E-state index contributed by atoms with van der Waals surface area (Å²) in [4.78, 5) is 3.41. The lowest BCUT2D eigenvalue weighted by Gasteiger charge is -2.32. The number of hydrogen-bond acceptors (Lipinski definition) is 2. The molecule has 0 atom stereocenters. The maximum absolute atomic E-state index is 5.80. The van der Waals surface area contributed by atoms with Gasteiger partial charge in [-0.3, -0.25) is 0 Å². The number of H-pyrrole nitrogens is 1. The third-order valence-corrected chi connectivity index (χ3v) is 3.73. The molecule has 0 radical (unpaired) electrons. The van der Waals surface area contributed by atoms with Gasteiger partial charge in [-0.1, -0.05) is 18.2 Å². The fourth-order valence-electron chi connectivity index (χ4n) is 2.70. The van der Waals surface area contributed by atoms with Gasteiger partial charge in [-0.25, -0.2) is 0 Å². The first-order chi connectivity index (χ1) is 8.24. The van der Waals surface area contributed by atoms with E-state index >= 15 is 0 Å². The fourth-order valence-corrected chi connectivity index (χ4v) is 2.70. The zero-order valence-electron chi connectivity index (χ0n) is 10.2. The molecular weight excluding hydrogens is 210 g/mol. The molecule has 0 saturated heterocycles. The largest absolute Gasteiger partial charge is 0.383 e. The van der Waals surface area contributed by atoms with Gasteiger partial charge in [-0.15, -0.1) is 0 Å². The molecule has 0 unspecified atom stereocenters. The molecule has 3 rings (SSSR count). The van der Waals surface area contributed by atoms with E-state index < -0.39 is 0 Å². The predicted octanol–water partition coefficient (Wildman–Crippen LogP) is 2.63. The second-order valence-electron chi connectivity index (χ2n) is 5.15. The maximum atomic E-state index is 5.80. The van der Waals surface area contributed by atoms with Gasteiger partial charge in [0.15, 0.2) is 0 Å². The Labute approximate surface area is 101 Å². The molecule has 0 aliphatic heterocycles. The van der Waals surface area contributed by atoms with E-state index in [0.717, 1.165) is 25.3 Å². The van der Waals surface area contributed by atoms with Crippen molar-refractivity contribution in [3.63, 3.8) is 0 Å². The van der Waals surface area contributed by atoms with Crippen LogP contribution in [0.3, 0.4) is 0 Å². The summed E-state index contributed by atoms with van der Waals surface area (Å²) in [6, 6.07) is 8.86. The minimum atomic E-state index is 0.436. The smallest absolute Gasteiger partial charge is 0.0628 e. The van der Waals surface area contributed by atoms with Gasteiger partial charge in [0.25, 0.3) is 0 Å². The molecule has 1 aromatic carbocycles. The summed E-state index contributed by atoms with van der Waals surface area (Å²) >= 11 is 0. The third kappa shape index (κ3) is 1.91. The Balaban J connectivity index is 1.77. The molecule has 0 amide bonds. The Morgan fingerprint density at radius 3 is 2.88 bits per heavy atom. The fraction of sp³-hybridized carbons (Fsp3) is 0.429. The summed E-state index contributed by atoms with van der Waals surface area (Å²) in [5.41, 5.74) is 9.48. The van der Waals surface area contributed by atoms with Crippen LogP contribution in [0.1, 0.15) is 18.5 Å². The second kappa shape index (κ2) is 4.08. The molecule has 1 aliphatic rings. The van der Waals surface area contributed by atoms with E-state index in [0.29, 0.717) is 6.04 Å². The van der Waals surface area contributed by atoms with E-state index in [4.69, 9.17) is 5.73 Å². The van der Waals surface area contributed by atoms with Crippen LogP contribution in [-0.4, -0.2) is 17.6 Å². The topological polar surface area (TPSA) is 53.8 Å². The molecule has 17 heavy (non-hydrogen) atoms. The standard InChI is InChI=1S/C14H19N3/c1-9-14(16-8-10-6-11(15)7-10)12-4-2-3-5-13(12)17-9/h2-5,10-11,16-17H,6-8,15H2,1H3. The number of rotatable bonds is 3. The van der Waals surface area contributed by atoms with E-state index in [2.05, 4.69) is 41.5 Å². The minimum absolute atomic E-state index is 0.436. The Hall–Kier alpha value is -1.48. The first kappa shape index (κ1) is 10.7. The van der Waals surface area contributed by atoms with E-state index in [9.17, 15) is 0 Å². The number of fused-ring (bicyclic) bond motifs is 1. The van der Waals surface area contributed by atoms with Crippen molar-refractivity contribution in [3.05, 3.63) is 30.0 Å². The Morgan fingerprint density at radius 1 is 1.35 bits per heavy atom. The van der Waals surface area contributed by atoms with Crippen molar-refractivity contribution >= 4 is 16.6 Å².